The Kier molecular flexibility index (Phi) is 4.68. The van der Waals surface area contributed by atoms with Crippen LogP contribution in [0.1, 0.15) is 27.8 Å². The zero-order valence-corrected chi connectivity index (χ0v) is 20.2. The summed E-state index contributed by atoms with van der Waals surface area (Å²) in [6.45, 7) is 2.05. The van der Waals surface area contributed by atoms with Gasteiger partial charge in [0, 0.05) is 48.0 Å². The normalized spacial score (nSPS) is 16.8. The molecular weight excluding hydrogens is 491 g/mol. The lowest BCUT2D eigenvalue weighted by atomic mass is 10.1. The van der Waals surface area contributed by atoms with E-state index in [0.717, 1.165) is 27.5 Å². The van der Waals surface area contributed by atoms with E-state index in [-0.39, 0.29) is 28.8 Å². The van der Waals surface area contributed by atoms with Crippen LogP contribution in [-0.2, 0) is 11.8 Å². The minimum Gasteiger partial charge on any atom is -0.383 e. The standard InChI is InChI=1S/C26H21FN8OS/c1-3-22(36)34-8-6-16(13-34)35-24-17(26-29-7-9-37-26)12-30-25(28)23(24)19(32-35)5-4-15-10-20-21(11-18(15)27)33(2)14-31-20/h3,7,9-12,14,16H,1,6,8,13H2,2H3,(H2,28,30)/t16-/m0/s1/i2D3. The Labute approximate surface area is 219 Å². The lowest BCUT2D eigenvalue weighted by molar-refractivity contribution is -0.125. The van der Waals surface area contributed by atoms with Crippen LogP contribution < -0.4 is 5.73 Å². The van der Waals surface area contributed by atoms with E-state index >= 15 is 4.39 Å². The largest absolute Gasteiger partial charge is 0.383 e. The first-order valence-corrected chi connectivity index (χ1v) is 12.2. The fourth-order valence-corrected chi connectivity index (χ4v) is 5.23. The van der Waals surface area contributed by atoms with E-state index in [1.807, 2.05) is 10.1 Å². The maximum absolute atomic E-state index is 15.1. The molecule has 4 aromatic heterocycles. The molecule has 37 heavy (non-hydrogen) atoms. The number of halogens is 1. The molecule has 1 atom stereocenters. The molecule has 1 saturated heterocycles. The maximum Gasteiger partial charge on any atom is 0.246 e. The molecule has 2 N–H and O–H groups in total. The van der Waals surface area contributed by atoms with Crippen molar-refractivity contribution in [2.75, 3.05) is 18.8 Å². The number of nitrogens with two attached hydrogens (primary N) is 1. The number of rotatable bonds is 3. The second-order valence-electron chi connectivity index (χ2n) is 8.53. The number of amides is 1. The quantitative estimate of drug-likeness (QED) is 0.291. The second kappa shape index (κ2) is 8.83. The molecule has 5 heterocycles. The number of imidazole rings is 1. The van der Waals surface area contributed by atoms with E-state index in [1.165, 1.54) is 23.5 Å². The second-order valence-corrected chi connectivity index (χ2v) is 9.42. The van der Waals surface area contributed by atoms with Crippen molar-refractivity contribution in [3.63, 3.8) is 0 Å². The molecule has 0 unspecified atom stereocenters. The van der Waals surface area contributed by atoms with Crippen LogP contribution in [0, 0.1) is 17.7 Å². The Hall–Kier alpha value is -4.56. The predicted octanol–water partition coefficient (Wildman–Crippen LogP) is 3.52. The van der Waals surface area contributed by atoms with Gasteiger partial charge in [0.1, 0.15) is 22.3 Å². The zero-order chi connectivity index (χ0) is 28.2. The Morgan fingerprint density at radius 3 is 3.03 bits per heavy atom. The number of fused-ring (bicyclic) bond motifs is 2. The van der Waals surface area contributed by atoms with Gasteiger partial charge in [-0.2, -0.15) is 5.10 Å². The van der Waals surface area contributed by atoms with Crippen LogP contribution >= 0.6 is 11.3 Å². The van der Waals surface area contributed by atoms with Gasteiger partial charge in [0.15, 0.2) is 0 Å². The number of aryl methyl sites for hydroxylation is 1. The number of pyridine rings is 1. The van der Waals surface area contributed by atoms with Crippen LogP contribution in [0.3, 0.4) is 0 Å². The summed E-state index contributed by atoms with van der Waals surface area (Å²) in [5, 5.41) is 7.86. The van der Waals surface area contributed by atoms with Gasteiger partial charge in [-0.15, -0.1) is 11.3 Å². The fourth-order valence-electron chi connectivity index (χ4n) is 4.58. The third-order valence-electron chi connectivity index (χ3n) is 6.36. The van der Waals surface area contributed by atoms with E-state index in [2.05, 4.69) is 33.4 Å². The van der Waals surface area contributed by atoms with Crippen molar-refractivity contribution in [2.45, 2.75) is 12.5 Å². The van der Waals surface area contributed by atoms with E-state index in [9.17, 15) is 4.79 Å². The molecule has 1 fully saturated rings. The van der Waals surface area contributed by atoms with Gasteiger partial charge in [0.2, 0.25) is 5.91 Å². The summed E-state index contributed by atoms with van der Waals surface area (Å²) < 4.78 is 40.7. The molecular formula is C26H21FN8OS. The van der Waals surface area contributed by atoms with Crippen LogP contribution in [0.15, 0.2) is 48.9 Å². The summed E-state index contributed by atoms with van der Waals surface area (Å²) >= 11 is 1.44. The van der Waals surface area contributed by atoms with Crippen molar-refractivity contribution in [1.29, 1.82) is 0 Å². The van der Waals surface area contributed by atoms with Gasteiger partial charge in [-0.05, 0) is 24.5 Å². The summed E-state index contributed by atoms with van der Waals surface area (Å²) in [6, 6.07) is 2.34. The minimum atomic E-state index is -2.49. The van der Waals surface area contributed by atoms with E-state index in [0.29, 0.717) is 41.6 Å². The monoisotopic (exact) mass is 515 g/mol. The number of carbonyl (C=O) groups excluding carboxylic acids is 1. The van der Waals surface area contributed by atoms with Crippen molar-refractivity contribution >= 4 is 45.0 Å². The Morgan fingerprint density at radius 1 is 1.35 bits per heavy atom. The van der Waals surface area contributed by atoms with Crippen molar-refractivity contribution in [3.8, 4) is 22.4 Å². The number of hydrogen-bond acceptors (Lipinski definition) is 7. The first-order chi connectivity index (χ1) is 19.2. The number of thiazole rings is 1. The molecule has 1 aliphatic rings. The molecule has 0 radical (unpaired) electrons. The summed E-state index contributed by atoms with van der Waals surface area (Å²) in [5.74, 6) is 5.11. The highest BCUT2D eigenvalue weighted by molar-refractivity contribution is 7.13. The number of aromatic nitrogens is 6. The highest BCUT2D eigenvalue weighted by Crippen LogP contribution is 2.37. The zero-order valence-electron chi connectivity index (χ0n) is 22.3. The number of nitrogen functional groups attached to an aromatic ring is 1. The summed E-state index contributed by atoms with van der Waals surface area (Å²) in [5.41, 5.74) is 8.48. The molecule has 9 nitrogen and oxygen atoms in total. The molecule has 1 aromatic carbocycles. The van der Waals surface area contributed by atoms with Gasteiger partial charge < -0.3 is 15.2 Å². The molecule has 184 valence electrons. The smallest absolute Gasteiger partial charge is 0.246 e. The average Bonchev–Trinajstić information content (AvgIpc) is 3.72. The molecule has 1 aliphatic heterocycles. The van der Waals surface area contributed by atoms with Gasteiger partial charge >= 0.3 is 0 Å². The number of nitrogens with zero attached hydrogens (tertiary/aromatic N) is 7. The highest BCUT2D eigenvalue weighted by Gasteiger charge is 2.30. The van der Waals surface area contributed by atoms with Crippen molar-refractivity contribution in [2.24, 2.45) is 6.98 Å². The average molecular weight is 516 g/mol. The molecule has 0 bridgehead atoms. The number of anilines is 1. The molecule has 0 aliphatic carbocycles. The number of benzene rings is 1. The molecule has 5 aromatic rings. The minimum absolute atomic E-state index is 0.0252. The maximum atomic E-state index is 15.1. The summed E-state index contributed by atoms with van der Waals surface area (Å²) in [6.07, 6.45) is 6.42. The summed E-state index contributed by atoms with van der Waals surface area (Å²) in [7, 11) is 0. The van der Waals surface area contributed by atoms with Crippen molar-refractivity contribution < 1.29 is 13.3 Å². The number of likely N-dealkylation sites (tertiary alicyclic amines) is 1. The lowest BCUT2D eigenvalue weighted by Gasteiger charge is -2.16. The van der Waals surface area contributed by atoms with Gasteiger partial charge in [-0.1, -0.05) is 12.5 Å². The number of carbonyl (C=O) groups is 1. The van der Waals surface area contributed by atoms with E-state index < -0.39 is 12.8 Å². The Balaban J connectivity index is 1.50. The predicted molar refractivity (Wildman–Crippen MR) is 140 cm³/mol. The Bertz CT molecular complexity index is 1870. The fraction of sp³-hybridized carbons (Fsp3) is 0.192. The molecule has 0 saturated carbocycles. The van der Waals surface area contributed by atoms with Gasteiger partial charge in [-0.3, -0.25) is 9.48 Å². The molecule has 1 amide bonds. The highest BCUT2D eigenvalue weighted by atomic mass is 32.1. The van der Waals surface area contributed by atoms with Crippen molar-refractivity contribution in [3.05, 3.63) is 66.0 Å². The van der Waals surface area contributed by atoms with Gasteiger partial charge in [0.05, 0.1) is 45.4 Å². The first kappa shape index (κ1) is 19.6. The third kappa shape index (κ3) is 3.82. The SMILES string of the molecule is [2H]C([2H])([2H])n1cnc2cc(C#Cc3nn([C@H]4CCN(C(=O)C=C)C4)c4c(-c5nccs5)cnc(N)c34)c(F)cc21. The van der Waals surface area contributed by atoms with Crippen molar-refractivity contribution in [1.82, 2.24) is 34.2 Å². The first-order valence-electron chi connectivity index (χ1n) is 12.8. The van der Waals surface area contributed by atoms with E-state index in [1.54, 1.807) is 17.3 Å². The molecule has 6 rings (SSSR count). The topological polar surface area (TPSA) is 108 Å². The Morgan fingerprint density at radius 2 is 2.24 bits per heavy atom. The van der Waals surface area contributed by atoms with Crippen LogP contribution in [0.25, 0.3) is 32.5 Å². The van der Waals surface area contributed by atoms with Gasteiger partial charge in [0.25, 0.3) is 0 Å². The van der Waals surface area contributed by atoms with Gasteiger partial charge in [-0.25, -0.2) is 19.3 Å². The lowest BCUT2D eigenvalue weighted by Crippen LogP contribution is -2.27. The van der Waals surface area contributed by atoms with Crippen LogP contribution in [0.2, 0.25) is 0 Å². The third-order valence-corrected chi connectivity index (χ3v) is 7.17. The summed E-state index contributed by atoms with van der Waals surface area (Å²) in [4.78, 5) is 26.9. The molecule has 0 spiro atoms. The van der Waals surface area contributed by atoms with Crippen LogP contribution in [0.5, 0.6) is 0 Å². The number of hydrogen-bond donors (Lipinski definition) is 1. The van der Waals surface area contributed by atoms with Crippen LogP contribution in [-0.4, -0.2) is 53.2 Å². The van der Waals surface area contributed by atoms with E-state index in [4.69, 9.17) is 14.9 Å². The molecule has 11 heteroatoms. The van der Waals surface area contributed by atoms with Crippen LogP contribution in [0.4, 0.5) is 10.2 Å².